The number of alkyl halides is 4. The van der Waals surface area contributed by atoms with Crippen molar-refractivity contribution in [3.8, 4) is 0 Å². The second-order valence-electron chi connectivity index (χ2n) is 8.31. The Bertz CT molecular complexity index is 712. The first-order valence-electron chi connectivity index (χ1n) is 9.63. The first-order valence-corrected chi connectivity index (χ1v) is 9.63. The van der Waals surface area contributed by atoms with Gasteiger partial charge in [-0.05, 0) is 37.0 Å². The second-order valence-corrected chi connectivity index (χ2v) is 8.31. The monoisotopic (exact) mass is 420 g/mol. The van der Waals surface area contributed by atoms with Gasteiger partial charge >= 0.3 is 0 Å². The van der Waals surface area contributed by atoms with E-state index in [-0.39, 0.29) is 62.0 Å². The van der Waals surface area contributed by atoms with E-state index in [4.69, 9.17) is 0 Å². The maximum Gasteiger partial charge on any atom is 0.252 e. The summed E-state index contributed by atoms with van der Waals surface area (Å²) in [6.07, 6.45) is 1.19. The fourth-order valence-electron chi connectivity index (χ4n) is 4.20. The van der Waals surface area contributed by atoms with Crippen LogP contribution in [-0.2, 0) is 0 Å². The van der Waals surface area contributed by atoms with Crippen LogP contribution < -0.4 is 10.6 Å². The fourth-order valence-corrected chi connectivity index (χ4v) is 4.20. The first-order chi connectivity index (χ1) is 12.7. The van der Waals surface area contributed by atoms with Gasteiger partial charge in [-0.1, -0.05) is 12.1 Å². The van der Waals surface area contributed by atoms with E-state index in [1.807, 2.05) is 12.1 Å². The molecule has 3 nitrogen and oxygen atoms in total. The number of carbonyl (C=O) groups excluding carboxylic acids is 1. The van der Waals surface area contributed by atoms with Gasteiger partial charge < -0.3 is 10.6 Å². The molecule has 1 amide bonds. The molecule has 1 aromatic carbocycles. The molecule has 2 atom stereocenters. The van der Waals surface area contributed by atoms with Crippen LogP contribution in [0.3, 0.4) is 0 Å². The summed E-state index contributed by atoms with van der Waals surface area (Å²) in [4.78, 5) is 12.3. The predicted molar refractivity (Wildman–Crippen MR) is 101 cm³/mol. The fraction of sp³-hybridized carbons (Fsp3) is 0.650. The number of hydrogen-bond acceptors (Lipinski definition) is 2. The minimum absolute atomic E-state index is 0. The second kappa shape index (κ2) is 7.82. The molecule has 3 aliphatic rings. The highest BCUT2D eigenvalue weighted by atomic mass is 35.5. The van der Waals surface area contributed by atoms with Crippen molar-refractivity contribution in [3.63, 3.8) is 0 Å². The van der Waals surface area contributed by atoms with Crippen molar-refractivity contribution in [3.05, 3.63) is 35.4 Å². The van der Waals surface area contributed by atoms with E-state index in [0.29, 0.717) is 18.4 Å². The minimum atomic E-state index is -2.66. The lowest BCUT2D eigenvalue weighted by molar-refractivity contribution is -0.0901. The van der Waals surface area contributed by atoms with E-state index < -0.39 is 17.9 Å². The Labute approximate surface area is 168 Å². The van der Waals surface area contributed by atoms with E-state index in [1.165, 1.54) is 0 Å². The molecule has 2 N–H and O–H groups in total. The third-order valence-corrected chi connectivity index (χ3v) is 5.96. The predicted octanol–water partition coefficient (Wildman–Crippen LogP) is 4.66. The van der Waals surface area contributed by atoms with Crippen molar-refractivity contribution in [2.75, 3.05) is 0 Å². The van der Waals surface area contributed by atoms with Crippen LogP contribution in [0.5, 0.6) is 0 Å². The summed E-state index contributed by atoms with van der Waals surface area (Å²) >= 11 is 0. The third kappa shape index (κ3) is 4.98. The highest BCUT2D eigenvalue weighted by molar-refractivity contribution is 5.94. The molecule has 0 unspecified atom stereocenters. The first kappa shape index (κ1) is 21.4. The van der Waals surface area contributed by atoms with Crippen LogP contribution in [0.4, 0.5) is 17.6 Å². The Morgan fingerprint density at radius 1 is 1.00 bits per heavy atom. The van der Waals surface area contributed by atoms with E-state index in [2.05, 4.69) is 10.6 Å². The van der Waals surface area contributed by atoms with Gasteiger partial charge in [0.2, 0.25) is 5.92 Å². The molecule has 0 aliphatic heterocycles. The summed E-state index contributed by atoms with van der Waals surface area (Å²) in [5, 5.41) is 6.12. The largest absolute Gasteiger partial charge is 0.349 e. The van der Waals surface area contributed by atoms with Gasteiger partial charge in [-0.15, -0.1) is 12.4 Å². The summed E-state index contributed by atoms with van der Waals surface area (Å²) in [6, 6.07) is 7.18. The van der Waals surface area contributed by atoms with E-state index in [9.17, 15) is 22.4 Å². The number of benzene rings is 1. The van der Waals surface area contributed by atoms with Crippen LogP contribution >= 0.6 is 12.4 Å². The molecule has 0 bridgehead atoms. The van der Waals surface area contributed by atoms with Crippen molar-refractivity contribution in [2.45, 2.75) is 80.8 Å². The van der Waals surface area contributed by atoms with Crippen molar-refractivity contribution in [2.24, 2.45) is 0 Å². The lowest BCUT2D eigenvalue weighted by Crippen LogP contribution is -2.50. The maximum absolute atomic E-state index is 13.2. The number of nitrogens with one attached hydrogen (secondary N) is 2. The average molecular weight is 421 g/mol. The zero-order chi connectivity index (χ0) is 19.2. The zero-order valence-electron chi connectivity index (χ0n) is 15.4. The van der Waals surface area contributed by atoms with Gasteiger partial charge in [-0.3, -0.25) is 4.79 Å². The Hall–Kier alpha value is -1.34. The lowest BCUT2D eigenvalue weighted by Gasteiger charge is -2.35. The molecular formula is C20H25ClF4N2O. The summed E-state index contributed by atoms with van der Waals surface area (Å²) in [7, 11) is 0. The highest BCUT2D eigenvalue weighted by Gasteiger charge is 2.46. The molecule has 0 radical (unpaired) electrons. The molecule has 3 fully saturated rings. The molecule has 1 aromatic rings. The van der Waals surface area contributed by atoms with E-state index in [1.54, 1.807) is 12.1 Å². The van der Waals surface area contributed by atoms with Gasteiger partial charge in [0.1, 0.15) is 0 Å². The van der Waals surface area contributed by atoms with Crippen molar-refractivity contribution in [1.82, 2.24) is 10.6 Å². The Balaban J connectivity index is 0.00000225. The Morgan fingerprint density at radius 3 is 2.32 bits per heavy atom. The number of hydrogen-bond donors (Lipinski definition) is 2. The van der Waals surface area contributed by atoms with Gasteiger partial charge in [-0.25, -0.2) is 17.6 Å². The van der Waals surface area contributed by atoms with Crippen LogP contribution in [0.15, 0.2) is 24.3 Å². The van der Waals surface area contributed by atoms with Crippen molar-refractivity contribution >= 4 is 18.3 Å². The Morgan fingerprint density at radius 2 is 1.68 bits per heavy atom. The summed E-state index contributed by atoms with van der Waals surface area (Å²) in [5.41, 5.74) is 1.51. The molecule has 3 saturated carbocycles. The van der Waals surface area contributed by atoms with Crippen molar-refractivity contribution in [1.29, 1.82) is 0 Å². The number of halogens is 5. The molecule has 8 heteroatoms. The molecule has 0 heterocycles. The highest BCUT2D eigenvalue weighted by Crippen LogP contribution is 2.43. The van der Waals surface area contributed by atoms with Gasteiger partial charge in [0, 0.05) is 55.3 Å². The molecule has 156 valence electrons. The normalized spacial score (nSPS) is 28.7. The smallest absolute Gasteiger partial charge is 0.252 e. The third-order valence-electron chi connectivity index (χ3n) is 5.96. The number of carbonyl (C=O) groups is 1. The van der Waals surface area contributed by atoms with Gasteiger partial charge in [0.15, 0.2) is 0 Å². The minimum Gasteiger partial charge on any atom is -0.349 e. The topological polar surface area (TPSA) is 41.1 Å². The van der Waals surface area contributed by atoms with Gasteiger partial charge in [0.05, 0.1) is 0 Å². The summed E-state index contributed by atoms with van der Waals surface area (Å²) in [6.45, 7) is 0. The summed E-state index contributed by atoms with van der Waals surface area (Å²) < 4.78 is 52.3. The number of rotatable bonds is 5. The molecular weight excluding hydrogens is 396 g/mol. The van der Waals surface area contributed by atoms with Crippen LogP contribution in [0.1, 0.15) is 66.8 Å². The Kier molecular flexibility index (Phi) is 5.97. The van der Waals surface area contributed by atoms with E-state index in [0.717, 1.165) is 12.0 Å². The molecule has 0 saturated heterocycles. The van der Waals surface area contributed by atoms with Gasteiger partial charge in [-0.2, -0.15) is 0 Å². The molecule has 3 aliphatic carbocycles. The lowest BCUT2D eigenvalue weighted by atomic mass is 9.88. The van der Waals surface area contributed by atoms with E-state index >= 15 is 0 Å². The zero-order valence-corrected chi connectivity index (χ0v) is 16.2. The quantitative estimate of drug-likeness (QED) is 0.680. The van der Waals surface area contributed by atoms with Crippen LogP contribution in [-0.4, -0.2) is 35.9 Å². The SMILES string of the molecule is Cl.O=C(NC1CC(F)(F)C1)c1cccc([C@@H]2C[C@H]2NC2CCC(F)(F)CC2)c1. The van der Waals surface area contributed by atoms with Crippen LogP contribution in [0.25, 0.3) is 0 Å². The van der Waals surface area contributed by atoms with Crippen LogP contribution in [0, 0.1) is 0 Å². The van der Waals surface area contributed by atoms with Gasteiger partial charge in [0.25, 0.3) is 11.8 Å². The maximum atomic E-state index is 13.2. The molecule has 28 heavy (non-hydrogen) atoms. The molecule has 0 spiro atoms. The van der Waals surface area contributed by atoms with Crippen LogP contribution in [0.2, 0.25) is 0 Å². The molecule has 4 rings (SSSR count). The standard InChI is InChI=1S/C20H24F4N2O.ClH/c21-19(22)6-4-14(5-7-19)25-17-9-16(17)12-2-1-3-13(8-12)18(27)26-15-10-20(23,24)11-15;/h1-3,8,14-17,25H,4-7,9-11H2,(H,26,27);1H/t16-,17+;/m0./s1. The number of amides is 1. The molecule has 0 aromatic heterocycles. The summed E-state index contributed by atoms with van der Waals surface area (Å²) in [5.74, 6) is -5.23. The van der Waals surface area contributed by atoms with Crippen molar-refractivity contribution < 1.29 is 22.4 Å². The average Bonchev–Trinajstić information content (AvgIpc) is 3.34.